The van der Waals surface area contributed by atoms with Gasteiger partial charge >= 0.3 is 0 Å². The second-order valence-corrected chi connectivity index (χ2v) is 7.84. The monoisotopic (exact) mass is 407 g/mol. The molecule has 158 valence electrons. The van der Waals surface area contributed by atoms with Gasteiger partial charge in [0.2, 0.25) is 5.91 Å². The molecule has 1 aliphatic heterocycles. The van der Waals surface area contributed by atoms with Crippen molar-refractivity contribution in [1.29, 1.82) is 5.26 Å². The number of ether oxygens (including phenoxy) is 1. The molecule has 0 bridgehead atoms. The predicted octanol–water partition coefficient (Wildman–Crippen LogP) is 2.60. The Morgan fingerprint density at radius 2 is 1.87 bits per heavy atom. The Balaban J connectivity index is 1.52. The number of nitrogens with zero attached hydrogens (tertiary/aromatic N) is 4. The van der Waals surface area contributed by atoms with Crippen LogP contribution in [0.25, 0.3) is 0 Å². The van der Waals surface area contributed by atoms with E-state index in [1.807, 2.05) is 36.4 Å². The Morgan fingerprint density at radius 3 is 2.40 bits per heavy atom. The number of carbonyl (C=O) groups excluding carboxylic acids is 1. The van der Waals surface area contributed by atoms with Gasteiger partial charge in [-0.3, -0.25) is 9.69 Å². The molecule has 1 aromatic heterocycles. The molecule has 1 aromatic carbocycles. The number of nitrogens with one attached hydrogen (secondary N) is 1. The van der Waals surface area contributed by atoms with Crippen LogP contribution in [-0.2, 0) is 4.79 Å². The van der Waals surface area contributed by atoms with Gasteiger partial charge in [0.15, 0.2) is 0 Å². The Labute approximate surface area is 178 Å². The summed E-state index contributed by atoms with van der Waals surface area (Å²) in [5.41, 5.74) is 2.51. The van der Waals surface area contributed by atoms with E-state index in [9.17, 15) is 4.79 Å². The Kier molecular flexibility index (Phi) is 7.26. The first kappa shape index (κ1) is 21.6. The van der Waals surface area contributed by atoms with E-state index >= 15 is 0 Å². The van der Waals surface area contributed by atoms with Crippen molar-refractivity contribution in [3.8, 4) is 11.8 Å². The molecule has 2 aromatic rings. The SMILES string of the molecule is COc1ccc(C(NC(=O)CN2CCN(c3ccc(C#N)nc3)CC2)C(C)C)cc1. The molecule has 7 nitrogen and oxygen atoms in total. The van der Waals surface area contributed by atoms with Crippen molar-refractivity contribution in [2.24, 2.45) is 5.92 Å². The van der Waals surface area contributed by atoms with E-state index in [0.717, 1.165) is 43.2 Å². The molecular weight excluding hydrogens is 378 g/mol. The summed E-state index contributed by atoms with van der Waals surface area (Å²) in [6, 6.07) is 13.5. The molecule has 1 unspecified atom stereocenters. The minimum atomic E-state index is -0.0329. The molecule has 1 fully saturated rings. The van der Waals surface area contributed by atoms with Crippen LogP contribution < -0.4 is 15.0 Å². The largest absolute Gasteiger partial charge is 0.497 e. The van der Waals surface area contributed by atoms with Gasteiger partial charge in [-0.25, -0.2) is 4.98 Å². The number of methoxy groups -OCH3 is 1. The van der Waals surface area contributed by atoms with Gasteiger partial charge in [0.25, 0.3) is 0 Å². The van der Waals surface area contributed by atoms with Crippen molar-refractivity contribution in [2.45, 2.75) is 19.9 Å². The molecule has 0 aliphatic carbocycles. The van der Waals surface area contributed by atoms with Crippen LogP contribution in [0.3, 0.4) is 0 Å². The minimum Gasteiger partial charge on any atom is -0.497 e. The molecule has 3 rings (SSSR count). The predicted molar refractivity (Wildman–Crippen MR) is 116 cm³/mol. The summed E-state index contributed by atoms with van der Waals surface area (Å²) < 4.78 is 5.23. The van der Waals surface area contributed by atoms with Crippen molar-refractivity contribution in [1.82, 2.24) is 15.2 Å². The van der Waals surface area contributed by atoms with Gasteiger partial charge < -0.3 is 15.0 Å². The molecular formula is C23H29N5O2. The molecule has 1 saturated heterocycles. The Morgan fingerprint density at radius 1 is 1.17 bits per heavy atom. The molecule has 0 radical (unpaired) electrons. The summed E-state index contributed by atoms with van der Waals surface area (Å²) in [5, 5.41) is 12.1. The average Bonchev–Trinajstić information content (AvgIpc) is 2.78. The van der Waals surface area contributed by atoms with Crippen molar-refractivity contribution >= 4 is 11.6 Å². The summed E-state index contributed by atoms with van der Waals surface area (Å²) in [6.07, 6.45) is 1.74. The fourth-order valence-corrected chi connectivity index (χ4v) is 3.67. The Hall–Kier alpha value is -3.11. The molecule has 1 aliphatic rings. The second kappa shape index (κ2) is 10.1. The summed E-state index contributed by atoms with van der Waals surface area (Å²) in [4.78, 5) is 21.3. The van der Waals surface area contributed by atoms with Crippen LogP contribution in [0.15, 0.2) is 42.6 Å². The van der Waals surface area contributed by atoms with Crippen LogP contribution in [-0.4, -0.2) is 55.6 Å². The molecule has 2 heterocycles. The van der Waals surface area contributed by atoms with Gasteiger partial charge in [-0.15, -0.1) is 0 Å². The highest BCUT2D eigenvalue weighted by Gasteiger charge is 2.22. The first-order valence-corrected chi connectivity index (χ1v) is 10.3. The van der Waals surface area contributed by atoms with E-state index in [1.54, 1.807) is 19.4 Å². The third kappa shape index (κ3) is 5.49. The van der Waals surface area contributed by atoms with Gasteiger partial charge in [0.05, 0.1) is 31.6 Å². The van der Waals surface area contributed by atoms with Gasteiger partial charge in [-0.2, -0.15) is 5.26 Å². The molecule has 1 amide bonds. The van der Waals surface area contributed by atoms with Crippen LogP contribution >= 0.6 is 0 Å². The number of amides is 1. The van der Waals surface area contributed by atoms with Crippen LogP contribution in [0.5, 0.6) is 5.75 Å². The first-order valence-electron chi connectivity index (χ1n) is 10.3. The average molecular weight is 408 g/mol. The van der Waals surface area contributed by atoms with Gasteiger partial charge in [-0.05, 0) is 35.7 Å². The lowest BCUT2D eigenvalue weighted by Gasteiger charge is -2.36. The number of hydrogen-bond donors (Lipinski definition) is 1. The number of hydrogen-bond acceptors (Lipinski definition) is 6. The number of pyridine rings is 1. The maximum atomic E-state index is 12.7. The topological polar surface area (TPSA) is 81.5 Å². The normalized spacial score (nSPS) is 15.5. The molecule has 30 heavy (non-hydrogen) atoms. The maximum absolute atomic E-state index is 12.7. The zero-order valence-corrected chi connectivity index (χ0v) is 17.8. The lowest BCUT2D eigenvalue weighted by molar-refractivity contribution is -0.123. The number of piperazine rings is 1. The lowest BCUT2D eigenvalue weighted by atomic mass is 9.96. The quantitative estimate of drug-likeness (QED) is 0.760. The third-order valence-corrected chi connectivity index (χ3v) is 5.43. The third-order valence-electron chi connectivity index (χ3n) is 5.43. The van der Waals surface area contributed by atoms with E-state index in [1.165, 1.54) is 0 Å². The smallest absolute Gasteiger partial charge is 0.234 e. The molecule has 0 spiro atoms. The highest BCUT2D eigenvalue weighted by Crippen LogP contribution is 2.24. The fraction of sp³-hybridized carbons (Fsp3) is 0.435. The van der Waals surface area contributed by atoms with Gasteiger partial charge in [0, 0.05) is 26.2 Å². The molecule has 1 atom stereocenters. The number of nitriles is 1. The molecule has 1 N–H and O–H groups in total. The summed E-state index contributed by atoms with van der Waals surface area (Å²) in [5.74, 6) is 1.13. The van der Waals surface area contributed by atoms with E-state index in [2.05, 4.69) is 33.9 Å². The number of benzene rings is 1. The lowest BCUT2D eigenvalue weighted by Crippen LogP contribution is -2.50. The van der Waals surface area contributed by atoms with E-state index in [0.29, 0.717) is 12.2 Å². The van der Waals surface area contributed by atoms with Gasteiger partial charge in [-0.1, -0.05) is 26.0 Å². The van der Waals surface area contributed by atoms with Gasteiger partial charge in [0.1, 0.15) is 17.5 Å². The van der Waals surface area contributed by atoms with Crippen LogP contribution in [0.2, 0.25) is 0 Å². The van der Waals surface area contributed by atoms with Crippen LogP contribution in [0.1, 0.15) is 31.1 Å². The summed E-state index contributed by atoms with van der Waals surface area (Å²) >= 11 is 0. The number of rotatable bonds is 7. The summed E-state index contributed by atoms with van der Waals surface area (Å²) in [6.45, 7) is 7.88. The van der Waals surface area contributed by atoms with E-state index in [-0.39, 0.29) is 17.9 Å². The maximum Gasteiger partial charge on any atom is 0.234 e. The standard InChI is InChI=1S/C23H29N5O2/c1-17(2)23(18-4-8-21(30-3)9-5-18)26-22(29)16-27-10-12-28(13-11-27)20-7-6-19(14-24)25-15-20/h4-9,15,17,23H,10-13,16H2,1-3H3,(H,26,29). The fourth-order valence-electron chi connectivity index (χ4n) is 3.67. The van der Waals surface area contributed by atoms with Crippen molar-refractivity contribution in [3.63, 3.8) is 0 Å². The van der Waals surface area contributed by atoms with E-state index < -0.39 is 0 Å². The van der Waals surface area contributed by atoms with Crippen molar-refractivity contribution in [2.75, 3.05) is 44.7 Å². The van der Waals surface area contributed by atoms with Crippen LogP contribution in [0.4, 0.5) is 5.69 Å². The zero-order chi connectivity index (χ0) is 21.5. The second-order valence-electron chi connectivity index (χ2n) is 7.84. The highest BCUT2D eigenvalue weighted by atomic mass is 16.5. The van der Waals surface area contributed by atoms with Crippen LogP contribution in [0, 0.1) is 17.2 Å². The van der Waals surface area contributed by atoms with Crippen molar-refractivity contribution < 1.29 is 9.53 Å². The molecule has 0 saturated carbocycles. The number of aromatic nitrogens is 1. The number of carbonyl (C=O) groups is 1. The summed E-state index contributed by atoms with van der Waals surface area (Å²) in [7, 11) is 1.65. The van der Waals surface area contributed by atoms with E-state index in [4.69, 9.17) is 10.00 Å². The first-order chi connectivity index (χ1) is 14.5. The number of anilines is 1. The molecule has 7 heteroatoms. The minimum absolute atomic E-state index is 0.0329. The zero-order valence-electron chi connectivity index (χ0n) is 17.8. The Bertz CT molecular complexity index is 866. The highest BCUT2D eigenvalue weighted by molar-refractivity contribution is 5.78. The van der Waals surface area contributed by atoms with Crippen molar-refractivity contribution in [3.05, 3.63) is 53.9 Å².